The van der Waals surface area contributed by atoms with Gasteiger partial charge >= 0.3 is 0 Å². The lowest BCUT2D eigenvalue weighted by atomic mass is 9.26. The van der Waals surface area contributed by atoms with Crippen molar-refractivity contribution in [3.05, 3.63) is 0 Å². The molecule has 0 aliphatic carbocycles. The Balaban J connectivity index is 1.17. The number of hydrogen-bond donors (Lipinski definition) is 0. The first-order valence-corrected chi connectivity index (χ1v) is 12.9. The minimum atomic E-state index is 1.11. The van der Waals surface area contributed by atoms with Crippen LogP contribution in [0.15, 0.2) is 0 Å². The van der Waals surface area contributed by atoms with E-state index in [4.69, 9.17) is 0 Å². The van der Waals surface area contributed by atoms with Gasteiger partial charge in [-0.1, -0.05) is 113 Å². The van der Waals surface area contributed by atoms with Crippen molar-refractivity contribution in [2.24, 2.45) is 0 Å². The van der Waals surface area contributed by atoms with Gasteiger partial charge in [0.1, 0.15) is 13.4 Å². The maximum atomic E-state index is 2.52. The first kappa shape index (κ1) is 20.4. The summed E-state index contributed by atoms with van der Waals surface area (Å²) < 4.78 is 1.28. The molecule has 0 N–H and O–H groups in total. The molecule has 0 spiro atoms. The zero-order valence-electron chi connectivity index (χ0n) is 18.6. The third kappa shape index (κ3) is 5.17. The summed E-state index contributed by atoms with van der Waals surface area (Å²) in [7, 11) is 5.03. The molecular formula is C24H46B2N+. The predicted octanol–water partition coefficient (Wildman–Crippen LogP) is 7.05. The molecule has 0 amide bonds. The van der Waals surface area contributed by atoms with Gasteiger partial charge in [-0.3, -0.25) is 0 Å². The van der Waals surface area contributed by atoms with Crippen LogP contribution in [0.25, 0.3) is 0 Å². The fourth-order valence-electron chi connectivity index (χ4n) is 8.19. The summed E-state index contributed by atoms with van der Waals surface area (Å²) >= 11 is 0. The fraction of sp³-hybridized carbons (Fsp3) is 1.00. The van der Waals surface area contributed by atoms with Crippen molar-refractivity contribution >= 4 is 13.4 Å². The number of rotatable bonds is 8. The number of quaternary nitrogens is 1. The van der Waals surface area contributed by atoms with Crippen molar-refractivity contribution in [1.29, 1.82) is 0 Å². The van der Waals surface area contributed by atoms with E-state index in [1.54, 1.807) is 64.0 Å². The van der Waals surface area contributed by atoms with Crippen LogP contribution in [-0.4, -0.2) is 45.1 Å². The van der Waals surface area contributed by atoms with Crippen molar-refractivity contribution in [2.45, 2.75) is 126 Å². The highest BCUT2D eigenvalue weighted by atomic mass is 15.3. The Labute approximate surface area is 171 Å². The molecule has 4 fully saturated rings. The quantitative estimate of drug-likeness (QED) is 0.317. The molecule has 0 aromatic heterocycles. The average Bonchev–Trinajstić information content (AvgIpc) is 2.61. The smallest absolute Gasteiger partial charge is 0.146 e. The van der Waals surface area contributed by atoms with Crippen molar-refractivity contribution in [3.63, 3.8) is 0 Å². The lowest BCUT2D eigenvalue weighted by molar-refractivity contribution is -0.890. The first-order valence-electron chi connectivity index (χ1n) is 12.9. The number of fused-ring (bicyclic) bond motifs is 4. The molecule has 3 heteroatoms. The number of nitrogens with zero attached hydrogens (tertiary/aromatic N) is 1. The Bertz CT molecular complexity index is 381. The first-order chi connectivity index (χ1) is 13.1. The van der Waals surface area contributed by atoms with E-state index in [9.17, 15) is 0 Å². The van der Waals surface area contributed by atoms with Gasteiger partial charge in [-0.25, -0.2) is 0 Å². The van der Waals surface area contributed by atoms with Crippen LogP contribution in [0.4, 0.5) is 0 Å². The SMILES string of the molecule is C[N+](C)(CCCB1C2CCCC1CCC2)CCCB1C2CCCC1CCC2. The maximum absolute atomic E-state index is 2.52. The summed E-state index contributed by atoms with van der Waals surface area (Å²) in [5.74, 6) is 4.44. The van der Waals surface area contributed by atoms with Crippen LogP contribution in [0.3, 0.4) is 0 Å². The van der Waals surface area contributed by atoms with Gasteiger partial charge in [0.25, 0.3) is 0 Å². The molecule has 0 atom stereocenters. The van der Waals surface area contributed by atoms with Gasteiger partial charge in [-0.2, -0.15) is 0 Å². The summed E-state index contributed by atoms with van der Waals surface area (Å²) in [4.78, 5) is 0. The number of hydrogen-bond acceptors (Lipinski definition) is 0. The predicted molar refractivity (Wildman–Crippen MR) is 123 cm³/mol. The van der Waals surface area contributed by atoms with Crippen molar-refractivity contribution in [1.82, 2.24) is 0 Å². The Morgan fingerprint density at radius 2 is 0.852 bits per heavy atom. The summed E-state index contributed by atoms with van der Waals surface area (Å²) in [6, 6.07) is 0. The zero-order valence-corrected chi connectivity index (χ0v) is 18.6. The normalized spacial score (nSPS) is 34.0. The second-order valence-corrected chi connectivity index (χ2v) is 11.8. The highest BCUT2D eigenvalue weighted by molar-refractivity contribution is 6.63. The standard InChI is InChI=1S/C24H46B2N/c1-27(2,19-7-17-25-21-9-3-10-22(25)12-4-11-21)20-8-18-26-23-13-5-14-24(26)16-6-15-23/h21-24H,3-20H2,1-2H3/q+1. The zero-order chi connectivity index (χ0) is 18.7. The lowest BCUT2D eigenvalue weighted by Crippen LogP contribution is -2.43. The van der Waals surface area contributed by atoms with E-state index in [2.05, 4.69) is 14.1 Å². The van der Waals surface area contributed by atoms with E-state index in [1.807, 2.05) is 0 Å². The van der Waals surface area contributed by atoms with E-state index in [0.717, 1.165) is 36.7 Å². The van der Waals surface area contributed by atoms with Gasteiger partial charge in [-0.15, -0.1) is 0 Å². The van der Waals surface area contributed by atoms with E-state index in [1.165, 1.54) is 56.1 Å². The lowest BCUT2D eigenvalue weighted by Gasteiger charge is -2.41. The highest BCUT2D eigenvalue weighted by Crippen LogP contribution is 2.49. The van der Waals surface area contributed by atoms with Crippen LogP contribution in [0.5, 0.6) is 0 Å². The van der Waals surface area contributed by atoms with Crippen molar-refractivity contribution in [3.8, 4) is 0 Å². The summed E-state index contributed by atoms with van der Waals surface area (Å²) in [5.41, 5.74) is 0. The Hall–Kier alpha value is 0.0899. The van der Waals surface area contributed by atoms with Crippen LogP contribution in [-0.2, 0) is 0 Å². The molecule has 0 aromatic carbocycles. The second-order valence-electron chi connectivity index (χ2n) is 11.8. The van der Waals surface area contributed by atoms with Gasteiger partial charge in [0, 0.05) is 0 Å². The molecule has 4 heterocycles. The van der Waals surface area contributed by atoms with Crippen molar-refractivity contribution < 1.29 is 4.48 Å². The summed E-state index contributed by atoms with van der Waals surface area (Å²) in [5, 5.41) is 0. The third-order valence-corrected chi connectivity index (χ3v) is 9.62. The Morgan fingerprint density at radius 1 is 0.556 bits per heavy atom. The van der Waals surface area contributed by atoms with Gasteiger partial charge in [-0.05, 0) is 12.8 Å². The van der Waals surface area contributed by atoms with Crippen LogP contribution in [0.1, 0.15) is 89.9 Å². The molecule has 0 unspecified atom stereocenters. The minimum Gasteiger partial charge on any atom is -0.329 e. The molecule has 4 aliphatic heterocycles. The molecule has 1 nitrogen and oxygen atoms in total. The molecule has 0 saturated carbocycles. The van der Waals surface area contributed by atoms with Crippen LogP contribution < -0.4 is 0 Å². The molecule has 0 radical (unpaired) electrons. The second kappa shape index (κ2) is 9.27. The highest BCUT2D eigenvalue weighted by Gasteiger charge is 2.39. The van der Waals surface area contributed by atoms with Crippen LogP contribution in [0.2, 0.25) is 35.9 Å². The molecule has 4 rings (SSSR count). The molecule has 4 bridgehead atoms. The van der Waals surface area contributed by atoms with Crippen LogP contribution in [0, 0.1) is 0 Å². The summed E-state index contributed by atoms with van der Waals surface area (Å²) in [6.07, 6.45) is 24.7. The van der Waals surface area contributed by atoms with Gasteiger partial charge < -0.3 is 4.48 Å². The monoisotopic (exact) mass is 370 g/mol. The topological polar surface area (TPSA) is 0 Å². The molecule has 27 heavy (non-hydrogen) atoms. The van der Waals surface area contributed by atoms with Gasteiger partial charge in [0.15, 0.2) is 0 Å². The molecule has 4 aliphatic rings. The largest absolute Gasteiger partial charge is 0.329 e. The third-order valence-electron chi connectivity index (χ3n) is 9.62. The van der Waals surface area contributed by atoms with Gasteiger partial charge in [0.05, 0.1) is 27.2 Å². The molecule has 152 valence electrons. The molecule has 0 aromatic rings. The van der Waals surface area contributed by atoms with Gasteiger partial charge in [0.2, 0.25) is 0 Å². The van der Waals surface area contributed by atoms with E-state index >= 15 is 0 Å². The van der Waals surface area contributed by atoms with E-state index in [-0.39, 0.29) is 0 Å². The average molecular weight is 370 g/mol. The molecule has 4 saturated heterocycles. The fourth-order valence-corrected chi connectivity index (χ4v) is 8.19. The van der Waals surface area contributed by atoms with Crippen molar-refractivity contribution in [2.75, 3.05) is 27.2 Å². The van der Waals surface area contributed by atoms with E-state index in [0.29, 0.717) is 0 Å². The van der Waals surface area contributed by atoms with Crippen LogP contribution >= 0.6 is 0 Å². The van der Waals surface area contributed by atoms with E-state index < -0.39 is 0 Å². The summed E-state index contributed by atoms with van der Waals surface area (Å²) in [6.45, 7) is 5.06. The molecular weight excluding hydrogens is 324 g/mol. The maximum Gasteiger partial charge on any atom is 0.146 e. The Kier molecular flexibility index (Phi) is 6.99. The Morgan fingerprint density at radius 3 is 1.15 bits per heavy atom. The minimum absolute atomic E-state index is 1.11.